The van der Waals surface area contributed by atoms with Gasteiger partial charge in [0.25, 0.3) is 5.91 Å². The van der Waals surface area contributed by atoms with Crippen molar-refractivity contribution in [3.05, 3.63) is 10.6 Å². The summed E-state index contributed by atoms with van der Waals surface area (Å²) in [5.74, 6) is 1.08. The SMILES string of the molecule is CCNc1nc(C)c(C(=O)N2C[C@@H](NC(C)=O)[C@H](C3CC3)C2)s1. The van der Waals surface area contributed by atoms with Crippen molar-refractivity contribution < 1.29 is 9.59 Å². The molecule has 2 heterocycles. The molecule has 1 saturated heterocycles. The molecule has 1 aromatic heterocycles. The van der Waals surface area contributed by atoms with E-state index in [4.69, 9.17) is 0 Å². The lowest BCUT2D eigenvalue weighted by molar-refractivity contribution is -0.119. The van der Waals surface area contributed by atoms with Crippen LogP contribution in [0.15, 0.2) is 0 Å². The number of carbonyl (C=O) groups excluding carboxylic acids is 2. The van der Waals surface area contributed by atoms with Gasteiger partial charge in [-0.15, -0.1) is 0 Å². The van der Waals surface area contributed by atoms with E-state index in [-0.39, 0.29) is 17.9 Å². The average molecular weight is 336 g/mol. The molecule has 1 aliphatic carbocycles. The van der Waals surface area contributed by atoms with E-state index in [1.165, 1.54) is 24.2 Å². The quantitative estimate of drug-likeness (QED) is 0.861. The van der Waals surface area contributed by atoms with Gasteiger partial charge >= 0.3 is 0 Å². The zero-order chi connectivity index (χ0) is 16.6. The summed E-state index contributed by atoms with van der Waals surface area (Å²) in [5, 5.41) is 6.99. The summed E-state index contributed by atoms with van der Waals surface area (Å²) in [6.45, 7) is 7.57. The number of likely N-dealkylation sites (tertiary alicyclic amines) is 1. The number of hydrogen-bond donors (Lipinski definition) is 2. The third-order valence-electron chi connectivity index (χ3n) is 4.59. The minimum absolute atomic E-state index is 0.0154. The monoisotopic (exact) mass is 336 g/mol. The molecule has 2 N–H and O–H groups in total. The molecule has 2 fully saturated rings. The number of aromatic nitrogens is 1. The second kappa shape index (κ2) is 6.47. The molecule has 1 aromatic rings. The summed E-state index contributed by atoms with van der Waals surface area (Å²) in [7, 11) is 0. The number of anilines is 1. The maximum Gasteiger partial charge on any atom is 0.266 e. The topological polar surface area (TPSA) is 74.3 Å². The summed E-state index contributed by atoms with van der Waals surface area (Å²) in [5.41, 5.74) is 0.780. The number of aryl methyl sites for hydroxylation is 1. The van der Waals surface area contributed by atoms with Crippen molar-refractivity contribution in [2.24, 2.45) is 11.8 Å². The first-order valence-electron chi connectivity index (χ1n) is 8.27. The number of carbonyl (C=O) groups is 2. The van der Waals surface area contributed by atoms with E-state index in [1.54, 1.807) is 6.92 Å². The number of hydrogen-bond acceptors (Lipinski definition) is 5. The van der Waals surface area contributed by atoms with Gasteiger partial charge in [0.05, 0.1) is 11.7 Å². The van der Waals surface area contributed by atoms with E-state index in [0.29, 0.717) is 23.3 Å². The molecule has 2 atom stereocenters. The van der Waals surface area contributed by atoms with E-state index in [9.17, 15) is 9.59 Å². The van der Waals surface area contributed by atoms with Crippen LogP contribution in [0.25, 0.3) is 0 Å². The van der Waals surface area contributed by atoms with Crippen LogP contribution in [0.4, 0.5) is 5.13 Å². The second-order valence-corrected chi connectivity index (χ2v) is 7.48. The minimum atomic E-state index is -0.0154. The molecule has 6 nitrogen and oxygen atoms in total. The third kappa shape index (κ3) is 3.49. The lowest BCUT2D eigenvalue weighted by atomic mass is 9.98. The Balaban J connectivity index is 1.73. The van der Waals surface area contributed by atoms with Crippen molar-refractivity contribution in [3.63, 3.8) is 0 Å². The van der Waals surface area contributed by atoms with Gasteiger partial charge in [-0.3, -0.25) is 9.59 Å². The van der Waals surface area contributed by atoms with Crippen molar-refractivity contribution in [2.75, 3.05) is 25.0 Å². The normalized spacial score (nSPS) is 23.9. The Labute approximate surface area is 140 Å². The fourth-order valence-electron chi connectivity index (χ4n) is 3.38. The highest BCUT2D eigenvalue weighted by Crippen LogP contribution is 2.42. The highest BCUT2D eigenvalue weighted by molar-refractivity contribution is 7.17. The third-order valence-corrected chi connectivity index (χ3v) is 5.69. The number of nitrogens with one attached hydrogen (secondary N) is 2. The smallest absolute Gasteiger partial charge is 0.266 e. The highest BCUT2D eigenvalue weighted by atomic mass is 32.1. The maximum atomic E-state index is 12.9. The molecule has 0 aromatic carbocycles. The van der Waals surface area contributed by atoms with Crippen LogP contribution in [-0.4, -0.2) is 47.4 Å². The van der Waals surface area contributed by atoms with Crippen LogP contribution in [-0.2, 0) is 4.79 Å². The minimum Gasteiger partial charge on any atom is -0.362 e. The zero-order valence-electron chi connectivity index (χ0n) is 13.9. The molecule has 0 unspecified atom stereocenters. The standard InChI is InChI=1S/C16H24N4O2S/c1-4-17-16-18-9(2)14(23-16)15(22)20-7-12(11-5-6-11)13(8-20)19-10(3)21/h11-13H,4-8H2,1-3H3,(H,17,18)(H,19,21)/t12-,13+/m0/s1. The molecule has 23 heavy (non-hydrogen) atoms. The van der Waals surface area contributed by atoms with E-state index in [1.807, 2.05) is 18.7 Å². The molecule has 7 heteroatoms. The fraction of sp³-hybridized carbons (Fsp3) is 0.688. The molecule has 1 saturated carbocycles. The van der Waals surface area contributed by atoms with Crippen molar-refractivity contribution >= 4 is 28.3 Å². The molecule has 1 aliphatic heterocycles. The molecule has 0 radical (unpaired) electrons. The van der Waals surface area contributed by atoms with Gasteiger partial charge in [-0.05, 0) is 32.6 Å². The van der Waals surface area contributed by atoms with Crippen LogP contribution in [0.3, 0.4) is 0 Å². The van der Waals surface area contributed by atoms with Crippen molar-refractivity contribution in [3.8, 4) is 0 Å². The molecular weight excluding hydrogens is 312 g/mol. The average Bonchev–Trinajstić information content (AvgIpc) is 3.15. The van der Waals surface area contributed by atoms with Crippen LogP contribution in [0.5, 0.6) is 0 Å². The summed E-state index contributed by atoms with van der Waals surface area (Å²) in [4.78, 5) is 31.3. The van der Waals surface area contributed by atoms with Gasteiger partial charge in [0.15, 0.2) is 5.13 Å². The van der Waals surface area contributed by atoms with Gasteiger partial charge in [0, 0.05) is 32.5 Å². The Morgan fingerprint density at radius 1 is 1.35 bits per heavy atom. The van der Waals surface area contributed by atoms with E-state index >= 15 is 0 Å². The van der Waals surface area contributed by atoms with Crippen molar-refractivity contribution in [1.82, 2.24) is 15.2 Å². The summed E-state index contributed by atoms with van der Waals surface area (Å²) < 4.78 is 0. The van der Waals surface area contributed by atoms with Gasteiger partial charge in [0.2, 0.25) is 5.91 Å². The Hall–Kier alpha value is -1.63. The van der Waals surface area contributed by atoms with Crippen LogP contribution in [0, 0.1) is 18.8 Å². The molecule has 2 aliphatic rings. The van der Waals surface area contributed by atoms with Crippen LogP contribution >= 0.6 is 11.3 Å². The summed E-state index contributed by atoms with van der Waals surface area (Å²) in [6.07, 6.45) is 2.43. The predicted octanol–water partition coefficient (Wildman–Crippen LogP) is 1.87. The molecule has 0 spiro atoms. The van der Waals surface area contributed by atoms with Crippen molar-refractivity contribution in [2.45, 2.75) is 39.7 Å². The lowest BCUT2D eigenvalue weighted by Gasteiger charge is -2.17. The zero-order valence-corrected chi connectivity index (χ0v) is 14.7. The van der Waals surface area contributed by atoms with Crippen LogP contribution in [0.1, 0.15) is 42.1 Å². The molecule has 2 amide bonds. The first-order chi connectivity index (χ1) is 11.0. The second-order valence-electron chi connectivity index (χ2n) is 6.48. The van der Waals surface area contributed by atoms with Gasteiger partial charge in [-0.2, -0.15) is 0 Å². The number of amides is 2. The largest absolute Gasteiger partial charge is 0.362 e. The van der Waals surface area contributed by atoms with Gasteiger partial charge in [-0.1, -0.05) is 11.3 Å². The van der Waals surface area contributed by atoms with E-state index in [2.05, 4.69) is 15.6 Å². The van der Waals surface area contributed by atoms with Gasteiger partial charge < -0.3 is 15.5 Å². The Morgan fingerprint density at radius 3 is 2.70 bits per heavy atom. The molecule has 0 bridgehead atoms. The van der Waals surface area contributed by atoms with Crippen LogP contribution < -0.4 is 10.6 Å². The lowest BCUT2D eigenvalue weighted by Crippen LogP contribution is -2.40. The first kappa shape index (κ1) is 16.2. The number of rotatable bonds is 5. The fourth-order valence-corrected chi connectivity index (χ4v) is 4.38. The maximum absolute atomic E-state index is 12.9. The summed E-state index contributed by atoms with van der Waals surface area (Å²) in [6, 6.07) is 0.0883. The number of thiazole rings is 1. The van der Waals surface area contributed by atoms with E-state index < -0.39 is 0 Å². The first-order valence-corrected chi connectivity index (χ1v) is 9.09. The Morgan fingerprint density at radius 2 is 2.09 bits per heavy atom. The predicted molar refractivity (Wildman–Crippen MR) is 90.7 cm³/mol. The molecular formula is C16H24N4O2S. The Bertz CT molecular complexity index is 611. The Kier molecular flexibility index (Phi) is 4.57. The van der Waals surface area contributed by atoms with Crippen LogP contribution in [0.2, 0.25) is 0 Å². The van der Waals surface area contributed by atoms with Gasteiger partial charge in [-0.25, -0.2) is 4.98 Å². The van der Waals surface area contributed by atoms with E-state index in [0.717, 1.165) is 23.9 Å². The highest BCUT2D eigenvalue weighted by Gasteiger charge is 2.44. The molecule has 126 valence electrons. The van der Waals surface area contributed by atoms with Crippen molar-refractivity contribution in [1.29, 1.82) is 0 Å². The molecule has 3 rings (SSSR count). The van der Waals surface area contributed by atoms with Gasteiger partial charge in [0.1, 0.15) is 4.88 Å². The number of nitrogens with zero attached hydrogens (tertiary/aromatic N) is 2. The summed E-state index contributed by atoms with van der Waals surface area (Å²) >= 11 is 1.42.